The van der Waals surface area contributed by atoms with Gasteiger partial charge in [0.2, 0.25) is 5.91 Å². The third-order valence-corrected chi connectivity index (χ3v) is 7.57. The highest BCUT2D eigenvalue weighted by Gasteiger charge is 2.30. The van der Waals surface area contributed by atoms with Gasteiger partial charge >= 0.3 is 0 Å². The molecule has 4 rings (SSSR count). The maximum absolute atomic E-state index is 13.8. The Hall–Kier alpha value is -2.77. The van der Waals surface area contributed by atoms with Crippen LogP contribution in [0.15, 0.2) is 36.4 Å². The Morgan fingerprint density at radius 3 is 2.34 bits per heavy atom. The predicted molar refractivity (Wildman–Crippen MR) is 137 cm³/mol. The molecule has 0 aliphatic heterocycles. The van der Waals surface area contributed by atoms with Crippen molar-refractivity contribution in [3.63, 3.8) is 0 Å². The lowest BCUT2D eigenvalue weighted by molar-refractivity contribution is -0.122. The molecule has 0 atom stereocenters. The van der Waals surface area contributed by atoms with E-state index in [2.05, 4.69) is 5.32 Å². The number of halogens is 1. The van der Waals surface area contributed by atoms with Crippen LogP contribution in [-0.4, -0.2) is 43.0 Å². The number of methoxy groups -OCH3 is 2. The number of carbonyl (C=O) groups excluding carboxylic acids is 2. The summed E-state index contributed by atoms with van der Waals surface area (Å²) in [6, 6.07) is 10.9. The molecule has 0 saturated heterocycles. The second-order valence-corrected chi connectivity index (χ2v) is 9.90. The van der Waals surface area contributed by atoms with E-state index in [0.29, 0.717) is 34.3 Å². The van der Waals surface area contributed by atoms with Gasteiger partial charge in [0.05, 0.1) is 14.2 Å². The van der Waals surface area contributed by atoms with E-state index < -0.39 is 0 Å². The van der Waals surface area contributed by atoms with Crippen LogP contribution in [-0.2, 0) is 11.3 Å². The van der Waals surface area contributed by atoms with Gasteiger partial charge in [-0.05, 0) is 80.5 Å². The Kier molecular flexibility index (Phi) is 8.19. The highest BCUT2D eigenvalue weighted by atomic mass is 35.5. The minimum absolute atomic E-state index is 0.0414. The molecule has 0 heterocycles. The molecule has 2 fully saturated rings. The predicted octanol–water partition coefficient (Wildman–Crippen LogP) is 5.01. The van der Waals surface area contributed by atoms with Crippen molar-refractivity contribution in [1.29, 1.82) is 0 Å². The molecule has 0 aromatic heterocycles. The summed E-state index contributed by atoms with van der Waals surface area (Å²) in [5, 5.41) is 3.57. The molecule has 2 aliphatic rings. The minimum Gasteiger partial charge on any atom is -0.493 e. The number of nitrogens with zero attached hydrogens (tertiary/aromatic N) is 1. The number of carbonyl (C=O) groups is 2. The molecule has 0 unspecified atom stereocenters. The molecule has 0 bridgehead atoms. The molecule has 35 heavy (non-hydrogen) atoms. The molecule has 2 aromatic carbocycles. The first kappa shape index (κ1) is 25.3. The average Bonchev–Trinajstić information content (AvgIpc) is 2.83. The van der Waals surface area contributed by atoms with Crippen LogP contribution in [0.5, 0.6) is 11.5 Å². The monoisotopic (exact) mass is 499 g/mol. The number of nitrogens with one attached hydrogen (secondary N) is 1. The fourth-order valence-corrected chi connectivity index (χ4v) is 4.96. The molecule has 0 spiro atoms. The largest absolute Gasteiger partial charge is 0.493 e. The quantitative estimate of drug-likeness (QED) is 0.532. The number of anilines is 1. The first-order chi connectivity index (χ1) is 16.9. The Balaban J connectivity index is 1.60. The number of hydrogen-bond donors (Lipinski definition) is 2. The summed E-state index contributed by atoms with van der Waals surface area (Å²) in [5.41, 5.74) is 8.15. The van der Waals surface area contributed by atoms with Gasteiger partial charge in [0.15, 0.2) is 11.5 Å². The number of hydrogen-bond acceptors (Lipinski definition) is 5. The third kappa shape index (κ3) is 5.90. The Labute approximate surface area is 211 Å². The van der Waals surface area contributed by atoms with E-state index in [1.807, 2.05) is 17.0 Å². The first-order valence-corrected chi connectivity index (χ1v) is 12.6. The maximum atomic E-state index is 13.8. The molecular weight excluding hydrogens is 466 g/mol. The number of rotatable bonds is 8. The average molecular weight is 500 g/mol. The molecule has 0 radical (unpaired) electrons. The Morgan fingerprint density at radius 1 is 1.00 bits per heavy atom. The standard InChI is InChI=1S/C27H34ClN3O4/c1-34-24-13-6-18(15-25(24)35-2)27(33)31(22-10-7-20(29)8-11-22)16-19-14-21(9-12-23(19)28)30-26(32)17-4-3-5-17/h6,9,12-15,17,20,22H,3-5,7-8,10-11,16,29H2,1-2H3,(H,30,32). The zero-order valence-electron chi connectivity index (χ0n) is 20.4. The van der Waals surface area contributed by atoms with Gasteiger partial charge in [0.1, 0.15) is 0 Å². The van der Waals surface area contributed by atoms with Crippen LogP contribution in [0, 0.1) is 5.92 Å². The van der Waals surface area contributed by atoms with E-state index in [-0.39, 0.29) is 29.8 Å². The van der Waals surface area contributed by atoms with E-state index in [0.717, 1.165) is 50.5 Å². The Morgan fingerprint density at radius 2 is 1.71 bits per heavy atom. The molecule has 7 nitrogen and oxygen atoms in total. The molecule has 8 heteroatoms. The van der Waals surface area contributed by atoms with Gasteiger partial charge in [-0.15, -0.1) is 0 Å². The molecule has 2 aliphatic carbocycles. The van der Waals surface area contributed by atoms with Crippen molar-refractivity contribution in [2.75, 3.05) is 19.5 Å². The van der Waals surface area contributed by atoms with E-state index in [1.54, 1.807) is 38.5 Å². The van der Waals surface area contributed by atoms with Crippen LogP contribution >= 0.6 is 11.6 Å². The van der Waals surface area contributed by atoms with Crippen LogP contribution in [0.2, 0.25) is 5.02 Å². The minimum atomic E-state index is -0.105. The summed E-state index contributed by atoms with van der Waals surface area (Å²) in [6.07, 6.45) is 6.36. The topological polar surface area (TPSA) is 93.9 Å². The number of ether oxygens (including phenoxy) is 2. The molecular formula is C27H34ClN3O4. The van der Waals surface area contributed by atoms with Gasteiger partial charge in [-0.2, -0.15) is 0 Å². The summed E-state index contributed by atoms with van der Waals surface area (Å²) in [5.74, 6) is 1.10. The van der Waals surface area contributed by atoms with Gasteiger partial charge in [0, 0.05) is 40.8 Å². The van der Waals surface area contributed by atoms with Crippen molar-refractivity contribution in [2.24, 2.45) is 11.7 Å². The zero-order chi connectivity index (χ0) is 24.9. The highest BCUT2D eigenvalue weighted by molar-refractivity contribution is 6.31. The smallest absolute Gasteiger partial charge is 0.254 e. The molecule has 3 N–H and O–H groups in total. The third-order valence-electron chi connectivity index (χ3n) is 7.20. The lowest BCUT2D eigenvalue weighted by atomic mass is 9.85. The van der Waals surface area contributed by atoms with Crippen molar-refractivity contribution < 1.29 is 19.1 Å². The summed E-state index contributed by atoms with van der Waals surface area (Å²) in [7, 11) is 3.12. The van der Waals surface area contributed by atoms with Crippen LogP contribution in [0.3, 0.4) is 0 Å². The van der Waals surface area contributed by atoms with Crippen molar-refractivity contribution in [3.05, 3.63) is 52.5 Å². The molecule has 2 amide bonds. The van der Waals surface area contributed by atoms with E-state index in [4.69, 9.17) is 26.8 Å². The second kappa shape index (κ2) is 11.3. The lowest BCUT2D eigenvalue weighted by Crippen LogP contribution is -2.44. The van der Waals surface area contributed by atoms with Crippen molar-refractivity contribution in [3.8, 4) is 11.5 Å². The number of benzene rings is 2. The molecule has 188 valence electrons. The van der Waals surface area contributed by atoms with Gasteiger partial charge in [-0.25, -0.2) is 0 Å². The summed E-state index contributed by atoms with van der Waals surface area (Å²) in [6.45, 7) is 0.332. The fraction of sp³-hybridized carbons (Fsp3) is 0.481. The van der Waals surface area contributed by atoms with Gasteiger partial charge in [-0.1, -0.05) is 18.0 Å². The fourth-order valence-electron chi connectivity index (χ4n) is 4.79. The summed E-state index contributed by atoms with van der Waals surface area (Å²) >= 11 is 6.57. The molecule has 2 saturated carbocycles. The normalized spacial score (nSPS) is 20.0. The maximum Gasteiger partial charge on any atom is 0.254 e. The van der Waals surface area contributed by atoms with Crippen molar-refractivity contribution in [1.82, 2.24) is 4.90 Å². The lowest BCUT2D eigenvalue weighted by Gasteiger charge is -2.36. The van der Waals surface area contributed by atoms with Crippen LogP contribution in [0.4, 0.5) is 5.69 Å². The second-order valence-electron chi connectivity index (χ2n) is 9.49. The van der Waals surface area contributed by atoms with Crippen LogP contribution < -0.4 is 20.5 Å². The molecule has 2 aromatic rings. The van der Waals surface area contributed by atoms with Crippen LogP contribution in [0.25, 0.3) is 0 Å². The SMILES string of the molecule is COc1ccc(C(=O)N(Cc2cc(NC(=O)C3CCC3)ccc2Cl)C2CCC(N)CC2)cc1OC. The Bertz CT molecular complexity index is 1060. The summed E-state index contributed by atoms with van der Waals surface area (Å²) < 4.78 is 10.7. The van der Waals surface area contributed by atoms with E-state index >= 15 is 0 Å². The number of nitrogens with two attached hydrogens (primary N) is 1. The first-order valence-electron chi connectivity index (χ1n) is 12.3. The van der Waals surface area contributed by atoms with Crippen LogP contribution in [0.1, 0.15) is 60.9 Å². The van der Waals surface area contributed by atoms with Crippen molar-refractivity contribution in [2.45, 2.75) is 63.6 Å². The van der Waals surface area contributed by atoms with Gasteiger partial charge in [-0.3, -0.25) is 9.59 Å². The number of amides is 2. The van der Waals surface area contributed by atoms with Crippen molar-refractivity contribution >= 4 is 29.1 Å². The highest BCUT2D eigenvalue weighted by Crippen LogP contribution is 2.32. The summed E-state index contributed by atoms with van der Waals surface area (Å²) in [4.78, 5) is 28.1. The van der Waals surface area contributed by atoms with Gasteiger partial charge < -0.3 is 25.4 Å². The van der Waals surface area contributed by atoms with E-state index in [1.165, 1.54) is 0 Å². The van der Waals surface area contributed by atoms with Gasteiger partial charge in [0.25, 0.3) is 5.91 Å². The zero-order valence-corrected chi connectivity index (χ0v) is 21.1. The van der Waals surface area contributed by atoms with E-state index in [9.17, 15) is 9.59 Å².